The van der Waals surface area contributed by atoms with Crippen LogP contribution in [0.25, 0.3) is 0 Å². The van der Waals surface area contributed by atoms with Crippen LogP contribution in [-0.4, -0.2) is 37.8 Å². The molecule has 3 aliphatic rings. The predicted octanol–water partition coefficient (Wildman–Crippen LogP) is 4.11. The average molecular weight is 327 g/mol. The van der Waals surface area contributed by atoms with Gasteiger partial charge in [-0.1, -0.05) is 34.1 Å². The maximum atomic E-state index is 9.55. The number of hydrogen-bond acceptors (Lipinski definition) is 3. The van der Waals surface area contributed by atoms with E-state index in [9.17, 15) is 5.11 Å². The number of rotatable bonds is 3. The van der Waals surface area contributed by atoms with Crippen molar-refractivity contribution in [1.82, 2.24) is 0 Å². The van der Waals surface area contributed by atoms with Gasteiger partial charge in [0.25, 0.3) is 0 Å². The quantitative estimate of drug-likeness (QED) is 0.627. The Labute approximate surface area is 136 Å². The highest BCUT2D eigenvalue weighted by Crippen LogP contribution is 2.67. The van der Waals surface area contributed by atoms with Gasteiger partial charge in [0, 0.05) is 11.5 Å². The zero-order valence-corrected chi connectivity index (χ0v) is 16.2. The van der Waals surface area contributed by atoms with Gasteiger partial charge >= 0.3 is 0 Å². The van der Waals surface area contributed by atoms with Crippen LogP contribution in [0.1, 0.15) is 59.8 Å². The van der Waals surface area contributed by atoms with Crippen molar-refractivity contribution in [2.24, 2.45) is 11.3 Å². The van der Waals surface area contributed by atoms with Crippen molar-refractivity contribution < 1.29 is 14.3 Å². The third kappa shape index (κ3) is 2.25. The van der Waals surface area contributed by atoms with E-state index in [2.05, 4.69) is 40.8 Å². The summed E-state index contributed by atoms with van der Waals surface area (Å²) in [7, 11) is -1.73. The van der Waals surface area contributed by atoms with Crippen LogP contribution in [-0.2, 0) is 9.16 Å². The van der Waals surface area contributed by atoms with Gasteiger partial charge in [0.2, 0.25) is 0 Å². The van der Waals surface area contributed by atoms with E-state index in [0.717, 1.165) is 6.42 Å². The number of hydrogen-bond donors (Lipinski definition) is 1. The summed E-state index contributed by atoms with van der Waals surface area (Å²) >= 11 is 0. The molecule has 0 aromatic heterocycles. The van der Waals surface area contributed by atoms with Crippen molar-refractivity contribution >= 4 is 8.32 Å². The van der Waals surface area contributed by atoms with Gasteiger partial charge in [-0.05, 0) is 49.7 Å². The van der Waals surface area contributed by atoms with Gasteiger partial charge in [0.1, 0.15) is 11.7 Å². The molecule has 3 rings (SSSR count). The molecular formula is C18H34O3Si. The molecule has 4 heteroatoms. The zero-order chi connectivity index (χ0) is 16.4. The fraction of sp³-hybridized carbons (Fsp3) is 1.00. The number of aliphatic hydroxyl groups is 1. The van der Waals surface area contributed by atoms with E-state index in [-0.39, 0.29) is 28.8 Å². The lowest BCUT2D eigenvalue weighted by Gasteiger charge is -2.48. The maximum Gasteiger partial charge on any atom is 0.192 e. The summed E-state index contributed by atoms with van der Waals surface area (Å²) in [4.78, 5) is 0. The molecule has 0 radical (unpaired) electrons. The monoisotopic (exact) mass is 326 g/mol. The molecule has 1 aliphatic heterocycles. The van der Waals surface area contributed by atoms with Crippen LogP contribution in [0, 0.1) is 11.3 Å². The van der Waals surface area contributed by atoms with Gasteiger partial charge in [-0.3, -0.25) is 0 Å². The molecule has 0 aromatic rings. The van der Waals surface area contributed by atoms with Crippen LogP contribution in [0.4, 0.5) is 0 Å². The first-order chi connectivity index (χ1) is 10.1. The molecule has 3 fully saturated rings. The molecule has 0 aromatic carbocycles. The largest absolute Gasteiger partial charge is 0.414 e. The highest BCUT2D eigenvalue weighted by atomic mass is 28.4. The third-order valence-corrected chi connectivity index (χ3v) is 12.0. The summed E-state index contributed by atoms with van der Waals surface area (Å²) in [5, 5.41) is 9.81. The molecule has 1 saturated heterocycles. The van der Waals surface area contributed by atoms with Gasteiger partial charge in [-0.25, -0.2) is 0 Å². The summed E-state index contributed by atoms with van der Waals surface area (Å²) in [5.41, 5.74) is 0.160. The Morgan fingerprint density at radius 3 is 2.45 bits per heavy atom. The van der Waals surface area contributed by atoms with Crippen LogP contribution in [0.15, 0.2) is 0 Å². The highest BCUT2D eigenvalue weighted by Gasteiger charge is 2.73. The van der Waals surface area contributed by atoms with E-state index < -0.39 is 8.32 Å². The number of ether oxygens (including phenoxy) is 1. The van der Waals surface area contributed by atoms with Crippen LogP contribution < -0.4 is 0 Å². The normalized spacial score (nSPS) is 45.1. The van der Waals surface area contributed by atoms with Crippen LogP contribution in [0.5, 0.6) is 0 Å². The number of aliphatic hydroxyl groups excluding tert-OH is 1. The van der Waals surface area contributed by atoms with Crippen LogP contribution in [0.3, 0.4) is 0 Å². The second kappa shape index (κ2) is 5.04. The first-order valence-corrected chi connectivity index (χ1v) is 11.9. The molecule has 2 aliphatic carbocycles. The predicted molar refractivity (Wildman–Crippen MR) is 91.4 cm³/mol. The third-order valence-electron chi connectivity index (χ3n) is 7.48. The van der Waals surface area contributed by atoms with Crippen molar-refractivity contribution in [3.8, 4) is 0 Å². The van der Waals surface area contributed by atoms with E-state index in [4.69, 9.17) is 9.16 Å². The Hall–Kier alpha value is 0.0969. The lowest BCUT2D eigenvalue weighted by atomic mass is 9.63. The van der Waals surface area contributed by atoms with Gasteiger partial charge < -0.3 is 14.3 Å². The fourth-order valence-electron chi connectivity index (χ4n) is 4.98. The fourth-order valence-corrected chi connectivity index (χ4v) is 6.37. The summed E-state index contributed by atoms with van der Waals surface area (Å²) in [6.45, 7) is 14.3. The van der Waals surface area contributed by atoms with E-state index in [1.165, 1.54) is 25.7 Å². The Kier molecular flexibility index (Phi) is 3.88. The summed E-state index contributed by atoms with van der Waals surface area (Å²) in [6, 6.07) is 0. The standard InChI is InChI=1S/C18H34O3Si/c1-16(2,3)22(5,6)21-14-8-7-10-17(4)13(14)9-11-18(17)15(12-19)20-18/h13-15,19H,7-12H2,1-6H3/t13-,14-,15+,17-,18-/m0/s1. The van der Waals surface area contributed by atoms with Crippen molar-refractivity contribution in [2.45, 2.75) is 95.7 Å². The van der Waals surface area contributed by atoms with E-state index >= 15 is 0 Å². The molecule has 22 heavy (non-hydrogen) atoms. The first kappa shape index (κ1) is 16.9. The Morgan fingerprint density at radius 2 is 1.91 bits per heavy atom. The molecule has 3 nitrogen and oxygen atoms in total. The molecule has 2 saturated carbocycles. The van der Waals surface area contributed by atoms with Gasteiger partial charge in [-0.2, -0.15) is 0 Å². The van der Waals surface area contributed by atoms with Crippen LogP contribution in [0.2, 0.25) is 18.1 Å². The van der Waals surface area contributed by atoms with Crippen molar-refractivity contribution in [3.63, 3.8) is 0 Å². The molecular weight excluding hydrogens is 292 g/mol. The molecule has 1 N–H and O–H groups in total. The number of fused-ring (bicyclic) bond motifs is 2. The lowest BCUT2D eigenvalue weighted by molar-refractivity contribution is -0.0196. The Balaban J connectivity index is 1.79. The average Bonchev–Trinajstić information content (AvgIpc) is 3.03. The Morgan fingerprint density at radius 1 is 1.23 bits per heavy atom. The first-order valence-electron chi connectivity index (χ1n) is 9.04. The van der Waals surface area contributed by atoms with Crippen molar-refractivity contribution in [1.29, 1.82) is 0 Å². The smallest absolute Gasteiger partial charge is 0.192 e. The minimum absolute atomic E-state index is 0.0398. The van der Waals surface area contributed by atoms with Crippen LogP contribution >= 0.6 is 0 Å². The molecule has 128 valence electrons. The van der Waals surface area contributed by atoms with Crippen molar-refractivity contribution in [3.05, 3.63) is 0 Å². The summed E-state index contributed by atoms with van der Waals surface area (Å²) in [6.07, 6.45) is 6.44. The maximum absolute atomic E-state index is 9.55. The second-order valence-corrected chi connectivity index (χ2v) is 14.3. The lowest BCUT2D eigenvalue weighted by Crippen LogP contribution is -2.51. The topological polar surface area (TPSA) is 42.0 Å². The molecule has 1 heterocycles. The minimum atomic E-state index is -1.73. The molecule has 0 unspecified atom stereocenters. The van der Waals surface area contributed by atoms with Crippen molar-refractivity contribution in [2.75, 3.05) is 6.61 Å². The molecule has 0 amide bonds. The van der Waals surface area contributed by atoms with Gasteiger partial charge in [-0.15, -0.1) is 0 Å². The number of epoxide rings is 1. The summed E-state index contributed by atoms with van der Waals surface area (Å²) < 4.78 is 12.9. The second-order valence-electron chi connectivity index (χ2n) is 9.55. The molecule has 0 bridgehead atoms. The highest BCUT2D eigenvalue weighted by molar-refractivity contribution is 6.74. The SMILES string of the molecule is CC(C)(C)[Si](C)(C)O[C@H]1CCC[C@@]2(C)[C@H]1CC[C@@]21O[C@@H]1CO. The summed E-state index contributed by atoms with van der Waals surface area (Å²) in [5.74, 6) is 0.604. The Bertz CT molecular complexity index is 444. The van der Waals surface area contributed by atoms with E-state index in [0.29, 0.717) is 12.0 Å². The van der Waals surface area contributed by atoms with Gasteiger partial charge in [0.15, 0.2) is 8.32 Å². The zero-order valence-electron chi connectivity index (χ0n) is 15.2. The molecule has 1 spiro atoms. The molecule has 5 atom stereocenters. The minimum Gasteiger partial charge on any atom is -0.414 e. The van der Waals surface area contributed by atoms with E-state index in [1.54, 1.807) is 0 Å². The van der Waals surface area contributed by atoms with E-state index in [1.807, 2.05) is 0 Å². The van der Waals surface area contributed by atoms with Gasteiger partial charge in [0.05, 0.1) is 6.61 Å².